The average molecular weight is 217 g/mol. The van der Waals surface area contributed by atoms with Crippen LogP contribution in [0.1, 0.15) is 12.7 Å². The first kappa shape index (κ1) is 11.8. The summed E-state index contributed by atoms with van der Waals surface area (Å²) in [6.45, 7) is 1.94. The molecule has 0 radical (unpaired) electrons. The molecule has 82 valence electrons. The van der Waals surface area contributed by atoms with Crippen LogP contribution in [0.5, 0.6) is 0 Å². The predicted octanol–water partition coefficient (Wildman–Crippen LogP) is 2.31. The van der Waals surface area contributed by atoms with Crippen LogP contribution >= 0.6 is 0 Å². The lowest BCUT2D eigenvalue weighted by Gasteiger charge is -1.97. The molecule has 0 aromatic carbocycles. The monoisotopic (exact) mass is 217 g/mol. The highest BCUT2D eigenvalue weighted by Crippen LogP contribution is 2.04. The van der Waals surface area contributed by atoms with Crippen molar-refractivity contribution in [2.24, 2.45) is 0 Å². The Balaban J connectivity index is 2.67. The molecule has 0 aliphatic rings. The fourth-order valence-corrected chi connectivity index (χ4v) is 0.985. The van der Waals surface area contributed by atoms with E-state index in [2.05, 4.69) is 0 Å². The van der Waals surface area contributed by atoms with Crippen LogP contribution in [0, 0.1) is 11.3 Å². The summed E-state index contributed by atoms with van der Waals surface area (Å²) in [4.78, 5) is 11.2. The Bertz CT molecular complexity index is 435. The second-order valence-corrected chi connectivity index (χ2v) is 2.79. The summed E-state index contributed by atoms with van der Waals surface area (Å²) >= 11 is 0. The SMILES string of the molecule is CCOC(=O)/C(C#N)=C/C=C/c1ccco1. The zero-order valence-corrected chi connectivity index (χ0v) is 8.84. The van der Waals surface area contributed by atoms with Crippen molar-refractivity contribution in [2.75, 3.05) is 6.61 Å². The van der Waals surface area contributed by atoms with Gasteiger partial charge in [-0.15, -0.1) is 0 Å². The Labute approximate surface area is 93.4 Å². The summed E-state index contributed by atoms with van der Waals surface area (Å²) in [5, 5.41) is 8.70. The van der Waals surface area contributed by atoms with Crippen molar-refractivity contribution >= 4 is 12.0 Å². The first-order chi connectivity index (χ1) is 7.77. The molecule has 4 nitrogen and oxygen atoms in total. The standard InChI is InChI=1S/C12H11NO3/c1-2-15-12(14)10(9-13)5-3-6-11-7-4-8-16-11/h3-8H,2H2,1H3/b6-3+,10-5+. The number of carbonyl (C=O) groups excluding carboxylic acids is 1. The van der Waals surface area contributed by atoms with E-state index >= 15 is 0 Å². The van der Waals surface area contributed by atoms with Gasteiger partial charge < -0.3 is 9.15 Å². The third-order valence-corrected chi connectivity index (χ3v) is 1.68. The minimum absolute atomic E-state index is 0.0374. The van der Waals surface area contributed by atoms with Crippen LogP contribution in [-0.2, 0) is 9.53 Å². The molecule has 0 fully saturated rings. The molecular weight excluding hydrogens is 206 g/mol. The number of nitriles is 1. The van der Waals surface area contributed by atoms with E-state index in [4.69, 9.17) is 14.4 Å². The Hall–Kier alpha value is -2.28. The van der Waals surface area contributed by atoms with Crippen molar-refractivity contribution in [1.82, 2.24) is 0 Å². The maximum Gasteiger partial charge on any atom is 0.348 e. The van der Waals surface area contributed by atoms with Gasteiger partial charge >= 0.3 is 5.97 Å². The quantitative estimate of drug-likeness (QED) is 0.336. The van der Waals surface area contributed by atoms with Crippen molar-refractivity contribution < 1.29 is 13.9 Å². The number of hydrogen-bond donors (Lipinski definition) is 0. The Morgan fingerprint density at radius 3 is 3.06 bits per heavy atom. The number of ether oxygens (including phenoxy) is 1. The van der Waals surface area contributed by atoms with Gasteiger partial charge in [0.25, 0.3) is 0 Å². The van der Waals surface area contributed by atoms with Gasteiger partial charge in [-0.05, 0) is 31.2 Å². The summed E-state index contributed by atoms with van der Waals surface area (Å²) in [6.07, 6.45) is 6.14. The molecule has 0 aliphatic heterocycles. The molecule has 1 aromatic heterocycles. The molecule has 4 heteroatoms. The van der Waals surface area contributed by atoms with E-state index in [1.165, 1.54) is 6.08 Å². The second kappa shape index (κ2) is 6.25. The number of rotatable bonds is 4. The minimum Gasteiger partial charge on any atom is -0.465 e. The minimum atomic E-state index is -0.617. The van der Waals surface area contributed by atoms with Gasteiger partial charge in [-0.3, -0.25) is 0 Å². The van der Waals surface area contributed by atoms with Crippen LogP contribution in [-0.4, -0.2) is 12.6 Å². The predicted molar refractivity (Wildman–Crippen MR) is 58.1 cm³/mol. The van der Waals surface area contributed by atoms with Crippen molar-refractivity contribution in [3.63, 3.8) is 0 Å². The molecule has 0 saturated heterocycles. The first-order valence-electron chi connectivity index (χ1n) is 4.77. The van der Waals surface area contributed by atoms with Gasteiger partial charge in [0.1, 0.15) is 17.4 Å². The van der Waals surface area contributed by atoms with Crippen molar-refractivity contribution in [3.05, 3.63) is 41.9 Å². The first-order valence-corrected chi connectivity index (χ1v) is 4.77. The third-order valence-electron chi connectivity index (χ3n) is 1.68. The molecule has 0 aliphatic carbocycles. The fourth-order valence-electron chi connectivity index (χ4n) is 0.985. The van der Waals surface area contributed by atoms with Crippen LogP contribution < -0.4 is 0 Å². The maximum atomic E-state index is 11.2. The molecule has 0 N–H and O–H groups in total. The largest absolute Gasteiger partial charge is 0.465 e. The molecular formula is C12H11NO3. The van der Waals surface area contributed by atoms with E-state index < -0.39 is 5.97 Å². The molecule has 1 heterocycles. The van der Waals surface area contributed by atoms with Gasteiger partial charge in [-0.25, -0.2) is 4.79 Å². The molecule has 0 spiro atoms. The van der Waals surface area contributed by atoms with Crippen LogP contribution in [0.3, 0.4) is 0 Å². The molecule has 1 aromatic rings. The molecule has 1 rings (SSSR count). The molecule has 0 saturated carbocycles. The number of nitrogens with zero attached hydrogens (tertiary/aromatic N) is 1. The van der Waals surface area contributed by atoms with E-state index in [-0.39, 0.29) is 12.2 Å². The molecule has 0 amide bonds. The number of esters is 1. The van der Waals surface area contributed by atoms with Crippen LogP contribution in [0.4, 0.5) is 0 Å². The van der Waals surface area contributed by atoms with Crippen molar-refractivity contribution in [3.8, 4) is 6.07 Å². The summed E-state index contributed by atoms with van der Waals surface area (Å²) in [5.74, 6) is 0.0338. The lowest BCUT2D eigenvalue weighted by atomic mass is 10.2. The van der Waals surface area contributed by atoms with Gasteiger partial charge in [0.15, 0.2) is 0 Å². The third kappa shape index (κ3) is 3.46. The molecule has 0 bridgehead atoms. The zero-order chi connectivity index (χ0) is 11.8. The van der Waals surface area contributed by atoms with Gasteiger partial charge in [0, 0.05) is 0 Å². The highest BCUT2D eigenvalue weighted by atomic mass is 16.5. The number of furan rings is 1. The lowest BCUT2D eigenvalue weighted by Crippen LogP contribution is -2.05. The summed E-state index contributed by atoms with van der Waals surface area (Å²) in [5.41, 5.74) is -0.0374. The number of carbonyl (C=O) groups is 1. The van der Waals surface area contributed by atoms with E-state index in [0.717, 1.165) is 0 Å². The fraction of sp³-hybridized carbons (Fsp3) is 0.167. The van der Waals surface area contributed by atoms with E-state index in [9.17, 15) is 4.79 Å². The van der Waals surface area contributed by atoms with Gasteiger partial charge in [0.05, 0.1) is 12.9 Å². The number of hydrogen-bond acceptors (Lipinski definition) is 4. The lowest BCUT2D eigenvalue weighted by molar-refractivity contribution is -0.138. The van der Waals surface area contributed by atoms with Crippen molar-refractivity contribution in [2.45, 2.75) is 6.92 Å². The van der Waals surface area contributed by atoms with Gasteiger partial charge in [-0.2, -0.15) is 5.26 Å². The Kier molecular flexibility index (Phi) is 4.61. The Morgan fingerprint density at radius 2 is 2.50 bits per heavy atom. The molecule has 0 unspecified atom stereocenters. The summed E-state index contributed by atoms with van der Waals surface area (Å²) < 4.78 is 9.74. The van der Waals surface area contributed by atoms with Crippen LogP contribution in [0.2, 0.25) is 0 Å². The van der Waals surface area contributed by atoms with E-state index in [1.54, 1.807) is 43.5 Å². The molecule has 0 atom stereocenters. The van der Waals surface area contributed by atoms with Crippen LogP contribution in [0.15, 0.2) is 40.5 Å². The average Bonchev–Trinajstić information content (AvgIpc) is 2.77. The van der Waals surface area contributed by atoms with E-state index in [0.29, 0.717) is 5.76 Å². The topological polar surface area (TPSA) is 63.2 Å². The highest BCUT2D eigenvalue weighted by Gasteiger charge is 2.07. The van der Waals surface area contributed by atoms with Gasteiger partial charge in [0.2, 0.25) is 0 Å². The normalized spacial score (nSPS) is 11.4. The van der Waals surface area contributed by atoms with E-state index in [1.807, 2.05) is 0 Å². The smallest absolute Gasteiger partial charge is 0.348 e. The van der Waals surface area contributed by atoms with Gasteiger partial charge in [-0.1, -0.05) is 6.08 Å². The number of allylic oxidation sites excluding steroid dienone is 2. The Morgan fingerprint density at radius 1 is 1.69 bits per heavy atom. The highest BCUT2D eigenvalue weighted by molar-refractivity contribution is 5.93. The summed E-state index contributed by atoms with van der Waals surface area (Å²) in [6, 6.07) is 5.29. The summed E-state index contributed by atoms with van der Waals surface area (Å²) in [7, 11) is 0. The second-order valence-electron chi connectivity index (χ2n) is 2.79. The zero-order valence-electron chi connectivity index (χ0n) is 8.84. The van der Waals surface area contributed by atoms with Crippen molar-refractivity contribution in [1.29, 1.82) is 5.26 Å². The maximum absolute atomic E-state index is 11.2. The molecule has 16 heavy (non-hydrogen) atoms. The van der Waals surface area contributed by atoms with Crippen LogP contribution in [0.25, 0.3) is 6.08 Å².